The van der Waals surface area contributed by atoms with Crippen LogP contribution >= 0.6 is 23.4 Å². The molecule has 0 aliphatic carbocycles. The summed E-state index contributed by atoms with van der Waals surface area (Å²) in [6, 6.07) is 14.5. The van der Waals surface area contributed by atoms with Crippen LogP contribution in [0.3, 0.4) is 0 Å². The quantitative estimate of drug-likeness (QED) is 0.568. The molecule has 0 saturated carbocycles. The molecule has 1 aliphatic rings. The van der Waals surface area contributed by atoms with Crippen LogP contribution in [0.15, 0.2) is 70.8 Å². The molecule has 1 aromatic heterocycles. The van der Waals surface area contributed by atoms with E-state index in [1.54, 1.807) is 30.2 Å². The standard InChI is InChI=1S/C23H22ClFN4OS/c24-19-13-16(8-9-20(19)25)14-28-22(30)17-5-4-12-29(15-17)21-23(27-11-10-26-21)31-18-6-2-1-3-7-18/h1-3,6-11,13,17H,4-5,12,14-15H2,(H,28,30)/t17-/m0/s1. The summed E-state index contributed by atoms with van der Waals surface area (Å²) in [7, 11) is 0. The lowest BCUT2D eigenvalue weighted by atomic mass is 9.97. The molecule has 1 atom stereocenters. The van der Waals surface area contributed by atoms with Crippen molar-refractivity contribution in [2.75, 3.05) is 18.0 Å². The van der Waals surface area contributed by atoms with E-state index < -0.39 is 5.82 Å². The molecule has 31 heavy (non-hydrogen) atoms. The van der Waals surface area contributed by atoms with Crippen molar-refractivity contribution < 1.29 is 9.18 Å². The Morgan fingerprint density at radius 2 is 2.00 bits per heavy atom. The minimum atomic E-state index is -0.465. The van der Waals surface area contributed by atoms with Crippen LogP contribution in [0, 0.1) is 11.7 Å². The molecular weight excluding hydrogens is 435 g/mol. The number of nitrogens with one attached hydrogen (secondary N) is 1. The Kier molecular flexibility index (Phi) is 7.04. The van der Waals surface area contributed by atoms with E-state index in [-0.39, 0.29) is 16.8 Å². The summed E-state index contributed by atoms with van der Waals surface area (Å²) in [5, 5.41) is 3.84. The van der Waals surface area contributed by atoms with Gasteiger partial charge in [-0.1, -0.05) is 47.6 Å². The van der Waals surface area contributed by atoms with Crippen molar-refractivity contribution in [3.8, 4) is 0 Å². The van der Waals surface area contributed by atoms with Crippen LogP contribution in [0.2, 0.25) is 5.02 Å². The number of rotatable bonds is 6. The predicted octanol–water partition coefficient (Wildman–Crippen LogP) is 4.95. The second-order valence-electron chi connectivity index (χ2n) is 7.35. The average Bonchev–Trinajstić information content (AvgIpc) is 2.81. The van der Waals surface area contributed by atoms with Crippen molar-refractivity contribution in [1.82, 2.24) is 15.3 Å². The molecule has 1 fully saturated rings. The molecule has 5 nitrogen and oxygen atoms in total. The Hall–Kier alpha value is -2.64. The number of hydrogen-bond donors (Lipinski definition) is 1. The Bertz CT molecular complexity index is 1050. The maximum absolute atomic E-state index is 13.3. The number of piperidine rings is 1. The van der Waals surface area contributed by atoms with Crippen LogP contribution in [0.4, 0.5) is 10.2 Å². The fourth-order valence-electron chi connectivity index (χ4n) is 3.57. The molecule has 1 amide bonds. The van der Waals surface area contributed by atoms with Gasteiger partial charge in [-0.15, -0.1) is 0 Å². The van der Waals surface area contributed by atoms with Crippen molar-refractivity contribution in [3.63, 3.8) is 0 Å². The van der Waals surface area contributed by atoms with E-state index in [9.17, 15) is 9.18 Å². The monoisotopic (exact) mass is 456 g/mol. The summed E-state index contributed by atoms with van der Waals surface area (Å²) in [4.78, 5) is 25.1. The van der Waals surface area contributed by atoms with Gasteiger partial charge >= 0.3 is 0 Å². The van der Waals surface area contributed by atoms with E-state index >= 15 is 0 Å². The number of halogens is 2. The van der Waals surface area contributed by atoms with Gasteiger partial charge in [-0.25, -0.2) is 14.4 Å². The van der Waals surface area contributed by atoms with Crippen molar-refractivity contribution in [1.29, 1.82) is 0 Å². The molecule has 0 bridgehead atoms. The first kappa shape index (κ1) is 21.6. The third-order valence-corrected chi connectivity index (χ3v) is 6.43. The van der Waals surface area contributed by atoms with E-state index in [0.717, 1.165) is 40.7 Å². The van der Waals surface area contributed by atoms with Crippen molar-refractivity contribution in [2.45, 2.75) is 29.3 Å². The van der Waals surface area contributed by atoms with Crippen LogP contribution in [0.5, 0.6) is 0 Å². The summed E-state index contributed by atoms with van der Waals surface area (Å²) in [6.07, 6.45) is 5.09. The molecule has 4 rings (SSSR count). The Labute approximate surface area is 190 Å². The van der Waals surface area contributed by atoms with Crippen LogP contribution < -0.4 is 10.2 Å². The highest BCUT2D eigenvalue weighted by Gasteiger charge is 2.28. The van der Waals surface area contributed by atoms with Gasteiger partial charge in [0.25, 0.3) is 0 Å². The molecule has 3 aromatic rings. The summed E-state index contributed by atoms with van der Waals surface area (Å²) < 4.78 is 13.3. The number of carbonyl (C=O) groups excluding carboxylic acids is 1. The SMILES string of the molecule is O=C(NCc1ccc(F)c(Cl)c1)[C@H]1CCCN(c2nccnc2Sc2ccccc2)C1. The Balaban J connectivity index is 1.41. The lowest BCUT2D eigenvalue weighted by molar-refractivity contribution is -0.125. The second kappa shape index (κ2) is 10.1. The Morgan fingerprint density at radius 1 is 1.19 bits per heavy atom. The Morgan fingerprint density at radius 3 is 2.81 bits per heavy atom. The minimum Gasteiger partial charge on any atom is -0.354 e. The molecule has 2 aromatic carbocycles. The molecule has 160 valence electrons. The molecule has 1 aliphatic heterocycles. The first-order chi connectivity index (χ1) is 15.1. The zero-order valence-electron chi connectivity index (χ0n) is 16.8. The average molecular weight is 457 g/mol. The number of nitrogens with zero attached hydrogens (tertiary/aromatic N) is 3. The molecular formula is C23H22ClFN4OS. The lowest BCUT2D eigenvalue weighted by Gasteiger charge is -2.33. The van der Waals surface area contributed by atoms with E-state index in [4.69, 9.17) is 11.6 Å². The number of aromatic nitrogens is 2. The van der Waals surface area contributed by atoms with Gasteiger partial charge in [-0.3, -0.25) is 4.79 Å². The summed E-state index contributed by atoms with van der Waals surface area (Å²) in [5.41, 5.74) is 0.767. The fraction of sp³-hybridized carbons (Fsp3) is 0.261. The van der Waals surface area contributed by atoms with Gasteiger partial charge in [0.05, 0.1) is 10.9 Å². The summed E-state index contributed by atoms with van der Waals surface area (Å²) >= 11 is 7.40. The molecule has 0 unspecified atom stereocenters. The zero-order valence-corrected chi connectivity index (χ0v) is 18.4. The third-order valence-electron chi connectivity index (χ3n) is 5.15. The van der Waals surface area contributed by atoms with Crippen LogP contribution in [0.1, 0.15) is 18.4 Å². The van der Waals surface area contributed by atoms with E-state index in [2.05, 4.69) is 20.2 Å². The first-order valence-corrected chi connectivity index (χ1v) is 11.3. The fourth-order valence-corrected chi connectivity index (χ4v) is 4.68. The van der Waals surface area contributed by atoms with Gasteiger partial charge in [-0.2, -0.15) is 0 Å². The lowest BCUT2D eigenvalue weighted by Crippen LogP contribution is -2.43. The molecule has 2 heterocycles. The third kappa shape index (κ3) is 5.54. The number of hydrogen-bond acceptors (Lipinski definition) is 5. The van der Waals surface area contributed by atoms with Gasteiger partial charge in [-0.05, 0) is 42.7 Å². The van der Waals surface area contributed by atoms with Crippen LogP contribution in [-0.2, 0) is 11.3 Å². The summed E-state index contributed by atoms with van der Waals surface area (Å²) in [5.74, 6) is 0.166. The summed E-state index contributed by atoms with van der Waals surface area (Å²) in [6.45, 7) is 1.73. The largest absolute Gasteiger partial charge is 0.354 e. The van der Waals surface area contributed by atoms with Gasteiger partial charge in [0.1, 0.15) is 10.8 Å². The maximum atomic E-state index is 13.3. The van der Waals surface area contributed by atoms with Crippen LogP contribution in [-0.4, -0.2) is 29.0 Å². The number of anilines is 1. The van der Waals surface area contributed by atoms with Gasteiger partial charge in [0, 0.05) is 36.9 Å². The molecule has 0 radical (unpaired) electrons. The predicted molar refractivity (Wildman–Crippen MR) is 121 cm³/mol. The molecule has 8 heteroatoms. The molecule has 0 spiro atoms. The topological polar surface area (TPSA) is 58.1 Å². The number of benzene rings is 2. The second-order valence-corrected chi connectivity index (χ2v) is 8.82. The van der Waals surface area contributed by atoms with E-state index in [0.29, 0.717) is 13.1 Å². The normalized spacial score (nSPS) is 16.2. The van der Waals surface area contributed by atoms with Crippen molar-refractivity contribution in [3.05, 3.63) is 77.3 Å². The smallest absolute Gasteiger partial charge is 0.225 e. The highest BCUT2D eigenvalue weighted by molar-refractivity contribution is 7.99. The minimum absolute atomic E-state index is 0.0219. The highest BCUT2D eigenvalue weighted by atomic mass is 35.5. The number of carbonyl (C=O) groups is 1. The van der Waals surface area contributed by atoms with Crippen LogP contribution in [0.25, 0.3) is 0 Å². The molecule has 1 saturated heterocycles. The van der Waals surface area contributed by atoms with Crippen molar-refractivity contribution >= 4 is 35.1 Å². The van der Waals surface area contributed by atoms with E-state index in [1.807, 2.05) is 30.3 Å². The van der Waals surface area contributed by atoms with Gasteiger partial charge in [0.15, 0.2) is 5.82 Å². The first-order valence-electron chi connectivity index (χ1n) is 10.1. The van der Waals surface area contributed by atoms with Gasteiger partial charge < -0.3 is 10.2 Å². The van der Waals surface area contributed by atoms with E-state index in [1.165, 1.54) is 12.1 Å². The zero-order chi connectivity index (χ0) is 21.6. The van der Waals surface area contributed by atoms with Crippen molar-refractivity contribution in [2.24, 2.45) is 5.92 Å². The maximum Gasteiger partial charge on any atom is 0.225 e. The number of amides is 1. The van der Waals surface area contributed by atoms with Gasteiger partial charge in [0.2, 0.25) is 5.91 Å². The highest BCUT2D eigenvalue weighted by Crippen LogP contribution is 2.33. The molecule has 1 N–H and O–H groups in total.